The first-order chi connectivity index (χ1) is 16.1. The van der Waals surface area contributed by atoms with Crippen LogP contribution in [0.25, 0.3) is 0 Å². The van der Waals surface area contributed by atoms with Crippen LogP contribution in [-0.2, 0) is 21.2 Å². The number of ether oxygens (including phenoxy) is 1. The van der Waals surface area contributed by atoms with Crippen LogP contribution in [0.1, 0.15) is 26.4 Å². The van der Waals surface area contributed by atoms with Crippen molar-refractivity contribution in [3.05, 3.63) is 70.2 Å². The highest BCUT2D eigenvalue weighted by Crippen LogP contribution is 2.26. The number of carbonyl (C=O) groups excluding carboxylic acids is 3. The molecule has 10 nitrogen and oxygen atoms in total. The lowest BCUT2D eigenvalue weighted by Gasteiger charge is -2.13. The molecule has 178 valence electrons. The summed E-state index contributed by atoms with van der Waals surface area (Å²) in [7, 11) is -2.19. The summed E-state index contributed by atoms with van der Waals surface area (Å²) in [4.78, 5) is 42.0. The van der Waals surface area contributed by atoms with E-state index in [-0.39, 0.29) is 22.9 Å². The molecular formula is C22H22N4O6S2. The number of hydrogen-bond acceptors (Lipinski definition) is 8. The molecule has 12 heteroatoms. The number of methoxy groups -OCH3 is 1. The molecule has 3 aromatic rings. The van der Waals surface area contributed by atoms with Gasteiger partial charge in [-0.15, -0.1) is 11.3 Å². The SMILES string of the molecule is COc1ccccc1C(=O)c1cc(C)ccc1NC(=O)Nc1ncc(CC(=O)NS(C)(=O)=O)s1. The number of carbonyl (C=O) groups is 3. The molecule has 0 aliphatic heterocycles. The number of hydrogen-bond donors (Lipinski definition) is 3. The summed E-state index contributed by atoms with van der Waals surface area (Å²) in [6, 6.07) is 11.2. The van der Waals surface area contributed by atoms with E-state index in [1.165, 1.54) is 13.3 Å². The average Bonchev–Trinajstić information content (AvgIpc) is 3.19. The zero-order valence-corrected chi connectivity index (χ0v) is 20.2. The van der Waals surface area contributed by atoms with E-state index < -0.39 is 22.0 Å². The van der Waals surface area contributed by atoms with Gasteiger partial charge in [0.2, 0.25) is 15.9 Å². The summed E-state index contributed by atoms with van der Waals surface area (Å²) in [5, 5.41) is 5.40. The van der Waals surface area contributed by atoms with Crippen LogP contribution in [0, 0.1) is 6.92 Å². The smallest absolute Gasteiger partial charge is 0.325 e. The minimum absolute atomic E-state index is 0.198. The summed E-state index contributed by atoms with van der Waals surface area (Å²) in [5.41, 5.74) is 1.78. The van der Waals surface area contributed by atoms with E-state index in [4.69, 9.17) is 4.74 Å². The van der Waals surface area contributed by atoms with Gasteiger partial charge in [-0.2, -0.15) is 0 Å². The molecule has 1 aromatic heterocycles. The molecule has 1 heterocycles. The Morgan fingerprint density at radius 1 is 1.06 bits per heavy atom. The summed E-state index contributed by atoms with van der Waals surface area (Å²) in [6.07, 6.45) is 2.04. The number of anilines is 2. The summed E-state index contributed by atoms with van der Waals surface area (Å²) < 4.78 is 29.4. The molecule has 0 bridgehead atoms. The van der Waals surface area contributed by atoms with Crippen molar-refractivity contribution in [3.63, 3.8) is 0 Å². The fourth-order valence-electron chi connectivity index (χ4n) is 3.03. The zero-order chi connectivity index (χ0) is 24.9. The Kier molecular flexibility index (Phi) is 7.64. The molecule has 0 radical (unpaired) electrons. The van der Waals surface area contributed by atoms with Gasteiger partial charge in [0, 0.05) is 16.6 Å². The number of sulfonamides is 1. The Morgan fingerprint density at radius 2 is 1.79 bits per heavy atom. The quantitative estimate of drug-likeness (QED) is 0.402. The largest absolute Gasteiger partial charge is 0.496 e. The third kappa shape index (κ3) is 6.62. The highest BCUT2D eigenvalue weighted by atomic mass is 32.2. The molecule has 3 amide bonds. The number of para-hydroxylation sites is 1. The predicted molar refractivity (Wildman–Crippen MR) is 129 cm³/mol. The Hall–Kier alpha value is -3.77. The molecule has 0 aliphatic rings. The van der Waals surface area contributed by atoms with Crippen LogP contribution in [-0.4, -0.2) is 44.5 Å². The molecule has 0 fully saturated rings. The number of nitrogens with one attached hydrogen (secondary N) is 3. The Morgan fingerprint density at radius 3 is 2.50 bits per heavy atom. The van der Waals surface area contributed by atoms with E-state index in [0.29, 0.717) is 21.9 Å². The number of ketones is 1. The molecule has 0 aliphatic carbocycles. The van der Waals surface area contributed by atoms with E-state index in [1.807, 2.05) is 11.6 Å². The molecule has 0 saturated heterocycles. The van der Waals surface area contributed by atoms with Crippen molar-refractivity contribution in [2.75, 3.05) is 24.0 Å². The lowest BCUT2D eigenvalue weighted by molar-refractivity contribution is -0.118. The van der Waals surface area contributed by atoms with Crippen molar-refractivity contribution in [1.82, 2.24) is 9.71 Å². The van der Waals surface area contributed by atoms with Crippen LogP contribution in [0.2, 0.25) is 0 Å². The van der Waals surface area contributed by atoms with Crippen molar-refractivity contribution in [2.45, 2.75) is 13.3 Å². The first-order valence-electron chi connectivity index (χ1n) is 9.87. The Balaban J connectivity index is 1.73. The molecule has 0 atom stereocenters. The van der Waals surface area contributed by atoms with Crippen LogP contribution in [0.3, 0.4) is 0 Å². The normalized spacial score (nSPS) is 10.9. The van der Waals surface area contributed by atoms with E-state index >= 15 is 0 Å². The van der Waals surface area contributed by atoms with Crippen molar-refractivity contribution >= 4 is 49.9 Å². The van der Waals surface area contributed by atoms with Gasteiger partial charge in [-0.1, -0.05) is 23.8 Å². The second kappa shape index (κ2) is 10.4. The van der Waals surface area contributed by atoms with Gasteiger partial charge in [-0.3, -0.25) is 19.6 Å². The highest BCUT2D eigenvalue weighted by Gasteiger charge is 2.19. The maximum atomic E-state index is 13.2. The predicted octanol–water partition coefficient (Wildman–Crippen LogP) is 2.95. The molecule has 2 aromatic carbocycles. The Bertz CT molecular complexity index is 1350. The molecule has 3 N–H and O–H groups in total. The molecule has 3 rings (SSSR count). The molecular weight excluding hydrogens is 480 g/mol. The van der Waals surface area contributed by atoms with Crippen LogP contribution >= 0.6 is 11.3 Å². The highest BCUT2D eigenvalue weighted by molar-refractivity contribution is 7.89. The minimum atomic E-state index is -3.66. The summed E-state index contributed by atoms with van der Waals surface area (Å²) >= 11 is 1.02. The standard InChI is InChI=1S/C22H22N4O6S2/c1-13-8-9-17(16(10-13)20(28)15-6-4-5-7-18(15)32-2)24-21(29)25-22-23-12-14(33-22)11-19(27)26-34(3,30)31/h4-10,12H,11H2,1-3H3,(H,26,27)(H2,23,24,25,29). The minimum Gasteiger partial charge on any atom is -0.496 e. The summed E-state index contributed by atoms with van der Waals surface area (Å²) in [6.45, 7) is 1.83. The first-order valence-corrected chi connectivity index (χ1v) is 12.6. The second-order valence-corrected chi connectivity index (χ2v) is 10.1. The van der Waals surface area contributed by atoms with E-state index in [0.717, 1.165) is 23.2 Å². The van der Waals surface area contributed by atoms with Gasteiger partial charge in [0.05, 0.1) is 31.0 Å². The third-order valence-corrected chi connectivity index (χ3v) is 5.94. The molecule has 0 spiro atoms. The monoisotopic (exact) mass is 502 g/mol. The number of urea groups is 1. The van der Waals surface area contributed by atoms with Gasteiger partial charge in [-0.25, -0.2) is 18.2 Å². The number of thiazole rings is 1. The van der Waals surface area contributed by atoms with Crippen LogP contribution in [0.4, 0.5) is 15.6 Å². The van der Waals surface area contributed by atoms with Gasteiger partial charge in [0.25, 0.3) is 0 Å². The second-order valence-electron chi connectivity index (χ2n) is 7.26. The van der Waals surface area contributed by atoms with Crippen molar-refractivity contribution in [2.24, 2.45) is 0 Å². The molecule has 0 unspecified atom stereocenters. The Labute approximate surface area is 200 Å². The van der Waals surface area contributed by atoms with Crippen molar-refractivity contribution < 1.29 is 27.5 Å². The topological polar surface area (TPSA) is 144 Å². The van der Waals surface area contributed by atoms with Gasteiger partial charge in [0.1, 0.15) is 5.75 Å². The zero-order valence-electron chi connectivity index (χ0n) is 18.5. The number of rotatable bonds is 8. The van der Waals surface area contributed by atoms with Gasteiger partial charge in [0.15, 0.2) is 10.9 Å². The lowest BCUT2D eigenvalue weighted by atomic mass is 9.99. The average molecular weight is 503 g/mol. The van der Waals surface area contributed by atoms with Crippen LogP contribution in [0.5, 0.6) is 5.75 Å². The maximum Gasteiger partial charge on any atom is 0.325 e. The van der Waals surface area contributed by atoms with Crippen LogP contribution in [0.15, 0.2) is 48.7 Å². The van der Waals surface area contributed by atoms with E-state index in [9.17, 15) is 22.8 Å². The van der Waals surface area contributed by atoms with Gasteiger partial charge >= 0.3 is 6.03 Å². The number of aromatic nitrogens is 1. The molecule has 0 saturated carbocycles. The number of amides is 3. The van der Waals surface area contributed by atoms with E-state index in [2.05, 4.69) is 15.6 Å². The number of aryl methyl sites for hydroxylation is 1. The van der Waals surface area contributed by atoms with Crippen molar-refractivity contribution in [3.8, 4) is 5.75 Å². The lowest BCUT2D eigenvalue weighted by Crippen LogP contribution is -2.30. The first kappa shape index (κ1) is 24.9. The van der Waals surface area contributed by atoms with Gasteiger partial charge < -0.3 is 10.1 Å². The fraction of sp³-hybridized carbons (Fsp3) is 0.182. The molecule has 34 heavy (non-hydrogen) atoms. The van der Waals surface area contributed by atoms with E-state index in [1.54, 1.807) is 42.5 Å². The number of benzene rings is 2. The maximum absolute atomic E-state index is 13.2. The fourth-order valence-corrected chi connectivity index (χ4v) is 4.32. The third-order valence-electron chi connectivity index (χ3n) is 4.43. The summed E-state index contributed by atoms with van der Waals surface area (Å²) in [5.74, 6) is -0.606. The van der Waals surface area contributed by atoms with Gasteiger partial charge in [-0.05, 0) is 31.2 Å². The van der Waals surface area contributed by atoms with Crippen molar-refractivity contribution in [1.29, 1.82) is 0 Å². The van der Waals surface area contributed by atoms with Crippen LogP contribution < -0.4 is 20.1 Å². The number of nitrogens with zero attached hydrogens (tertiary/aromatic N) is 1.